The van der Waals surface area contributed by atoms with E-state index in [-0.39, 0.29) is 17.9 Å². The van der Waals surface area contributed by atoms with Crippen molar-refractivity contribution in [3.63, 3.8) is 0 Å². The monoisotopic (exact) mass is 239 g/mol. The average molecular weight is 239 g/mol. The molecular formula is C12H21N3O2. The minimum absolute atomic E-state index is 0.185. The van der Waals surface area contributed by atoms with Crippen molar-refractivity contribution in [3.8, 4) is 0 Å². The Morgan fingerprint density at radius 2 is 2.18 bits per heavy atom. The fraction of sp³-hybridized carbons (Fsp3) is 0.667. The summed E-state index contributed by atoms with van der Waals surface area (Å²) in [5.41, 5.74) is 0.653. The van der Waals surface area contributed by atoms with Gasteiger partial charge in [0.25, 0.3) is 0 Å². The zero-order valence-electron chi connectivity index (χ0n) is 10.7. The van der Waals surface area contributed by atoms with Gasteiger partial charge in [0.2, 0.25) is 11.8 Å². The summed E-state index contributed by atoms with van der Waals surface area (Å²) < 4.78 is 0. The Bertz CT molecular complexity index is 320. The van der Waals surface area contributed by atoms with Crippen LogP contribution in [0.4, 0.5) is 0 Å². The largest absolute Gasteiger partial charge is 0.357 e. The van der Waals surface area contributed by atoms with Gasteiger partial charge in [-0.3, -0.25) is 9.59 Å². The van der Waals surface area contributed by atoms with Crippen LogP contribution in [0.25, 0.3) is 0 Å². The third kappa shape index (κ3) is 4.19. The minimum atomic E-state index is -0.507. The van der Waals surface area contributed by atoms with Crippen molar-refractivity contribution in [1.29, 1.82) is 0 Å². The number of likely N-dealkylation sites (N-methyl/N-ethyl adjacent to an activating group) is 1. The molecule has 96 valence electrons. The maximum Gasteiger partial charge on any atom is 0.247 e. The lowest BCUT2D eigenvalue weighted by Gasteiger charge is -2.13. The zero-order valence-corrected chi connectivity index (χ0v) is 10.7. The molecule has 0 aromatic heterocycles. The summed E-state index contributed by atoms with van der Waals surface area (Å²) in [6.45, 7) is 4.44. The second kappa shape index (κ2) is 6.39. The van der Waals surface area contributed by atoms with Gasteiger partial charge in [0.1, 0.15) is 6.04 Å². The highest BCUT2D eigenvalue weighted by molar-refractivity contribution is 5.96. The third-order valence-electron chi connectivity index (χ3n) is 2.90. The molecule has 2 atom stereocenters. The summed E-state index contributed by atoms with van der Waals surface area (Å²) in [6, 6.07) is -0.219. The molecule has 0 spiro atoms. The van der Waals surface area contributed by atoms with Crippen molar-refractivity contribution in [3.05, 3.63) is 11.6 Å². The molecule has 0 unspecified atom stereocenters. The first kappa shape index (κ1) is 13.7. The number of carbonyl (C=O) groups is 2. The topological polar surface area (TPSA) is 70.2 Å². The molecule has 0 aromatic rings. The zero-order chi connectivity index (χ0) is 12.8. The van der Waals surface area contributed by atoms with Crippen LogP contribution in [0.15, 0.2) is 11.6 Å². The average Bonchev–Trinajstić information content (AvgIpc) is 2.80. The van der Waals surface area contributed by atoms with Crippen molar-refractivity contribution in [2.75, 3.05) is 13.6 Å². The lowest BCUT2D eigenvalue weighted by Crippen LogP contribution is -2.44. The van der Waals surface area contributed by atoms with Crippen LogP contribution in [0.1, 0.15) is 26.7 Å². The first-order valence-corrected chi connectivity index (χ1v) is 5.99. The van der Waals surface area contributed by atoms with E-state index in [1.165, 1.54) is 0 Å². The fourth-order valence-electron chi connectivity index (χ4n) is 1.82. The standard InChI is InChI=1S/C12H21N3O2/c1-8(7-10-5-4-6-14-10)11(16)15-9(2)12(17)13-3/h7,9-10,14H,4-6H2,1-3H3,(H,13,17)(H,15,16)/b8-7+/t9-,10-/m0/s1. The summed E-state index contributed by atoms with van der Waals surface area (Å²) in [5, 5.41) is 8.45. The predicted octanol–water partition coefficient (Wildman–Crippen LogP) is -0.0646. The van der Waals surface area contributed by atoms with Crippen molar-refractivity contribution in [2.24, 2.45) is 0 Å². The van der Waals surface area contributed by atoms with Crippen LogP contribution in [-0.2, 0) is 9.59 Å². The van der Waals surface area contributed by atoms with Crippen molar-refractivity contribution in [2.45, 2.75) is 38.8 Å². The molecule has 1 fully saturated rings. The van der Waals surface area contributed by atoms with Crippen LogP contribution >= 0.6 is 0 Å². The Balaban J connectivity index is 2.48. The minimum Gasteiger partial charge on any atom is -0.357 e. The number of carbonyl (C=O) groups excluding carboxylic acids is 2. The molecule has 1 aliphatic rings. The van der Waals surface area contributed by atoms with Crippen LogP contribution in [0.2, 0.25) is 0 Å². The highest BCUT2D eigenvalue weighted by Crippen LogP contribution is 2.08. The quantitative estimate of drug-likeness (QED) is 0.602. The molecule has 2 amide bonds. The smallest absolute Gasteiger partial charge is 0.247 e. The number of rotatable bonds is 4. The van der Waals surface area contributed by atoms with Crippen molar-refractivity contribution < 1.29 is 9.59 Å². The molecule has 3 N–H and O–H groups in total. The fourth-order valence-corrected chi connectivity index (χ4v) is 1.82. The third-order valence-corrected chi connectivity index (χ3v) is 2.90. The second-order valence-electron chi connectivity index (χ2n) is 4.36. The highest BCUT2D eigenvalue weighted by Gasteiger charge is 2.17. The number of hydrogen-bond acceptors (Lipinski definition) is 3. The van der Waals surface area contributed by atoms with E-state index in [0.29, 0.717) is 5.57 Å². The van der Waals surface area contributed by atoms with E-state index >= 15 is 0 Å². The van der Waals surface area contributed by atoms with Gasteiger partial charge >= 0.3 is 0 Å². The molecule has 1 heterocycles. The number of amides is 2. The Hall–Kier alpha value is -1.36. The summed E-state index contributed by atoms with van der Waals surface area (Å²) >= 11 is 0. The van der Waals surface area contributed by atoms with Crippen molar-refractivity contribution in [1.82, 2.24) is 16.0 Å². The second-order valence-corrected chi connectivity index (χ2v) is 4.36. The van der Waals surface area contributed by atoms with Crippen LogP contribution in [0.3, 0.4) is 0 Å². The maximum atomic E-state index is 11.8. The maximum absolute atomic E-state index is 11.8. The van der Waals surface area contributed by atoms with Crippen LogP contribution in [0, 0.1) is 0 Å². The van der Waals surface area contributed by atoms with E-state index in [1.54, 1.807) is 20.9 Å². The number of nitrogens with one attached hydrogen (secondary N) is 3. The van der Waals surface area contributed by atoms with E-state index in [4.69, 9.17) is 0 Å². The van der Waals surface area contributed by atoms with Gasteiger partial charge in [0.15, 0.2) is 0 Å². The van der Waals surface area contributed by atoms with E-state index in [9.17, 15) is 9.59 Å². The van der Waals surface area contributed by atoms with Gasteiger partial charge in [-0.2, -0.15) is 0 Å². The van der Waals surface area contributed by atoms with Gasteiger partial charge in [-0.1, -0.05) is 6.08 Å². The highest BCUT2D eigenvalue weighted by atomic mass is 16.2. The molecule has 17 heavy (non-hydrogen) atoms. The SMILES string of the molecule is CNC(=O)[C@H](C)NC(=O)/C(C)=C/[C@@H]1CCCN1. The van der Waals surface area contributed by atoms with Gasteiger partial charge in [0, 0.05) is 18.7 Å². The molecule has 1 saturated heterocycles. The lowest BCUT2D eigenvalue weighted by molar-refractivity contribution is -0.126. The Morgan fingerprint density at radius 3 is 2.71 bits per heavy atom. The Morgan fingerprint density at radius 1 is 1.47 bits per heavy atom. The molecule has 0 aromatic carbocycles. The first-order chi connectivity index (χ1) is 8.04. The molecule has 1 aliphatic heterocycles. The first-order valence-electron chi connectivity index (χ1n) is 5.99. The molecule has 1 rings (SSSR count). The van der Waals surface area contributed by atoms with Gasteiger partial charge < -0.3 is 16.0 Å². The van der Waals surface area contributed by atoms with E-state index in [1.807, 2.05) is 6.08 Å². The Kier molecular flexibility index (Phi) is 5.15. The van der Waals surface area contributed by atoms with Gasteiger partial charge in [0.05, 0.1) is 0 Å². The van der Waals surface area contributed by atoms with E-state index in [2.05, 4.69) is 16.0 Å². The van der Waals surface area contributed by atoms with Crippen LogP contribution in [-0.4, -0.2) is 37.5 Å². The summed E-state index contributed by atoms with van der Waals surface area (Å²) in [4.78, 5) is 23.0. The van der Waals surface area contributed by atoms with Gasteiger partial charge in [-0.15, -0.1) is 0 Å². The predicted molar refractivity (Wildman–Crippen MR) is 66.5 cm³/mol. The van der Waals surface area contributed by atoms with Gasteiger partial charge in [-0.25, -0.2) is 0 Å². The summed E-state index contributed by atoms with van der Waals surface area (Å²) in [6.07, 6.45) is 4.14. The molecule has 0 saturated carbocycles. The number of hydrogen-bond donors (Lipinski definition) is 3. The molecule has 5 nitrogen and oxygen atoms in total. The molecule has 5 heteroatoms. The summed E-state index contributed by atoms with van der Waals surface area (Å²) in [7, 11) is 1.55. The van der Waals surface area contributed by atoms with Crippen molar-refractivity contribution >= 4 is 11.8 Å². The lowest BCUT2D eigenvalue weighted by atomic mass is 10.1. The normalized spacial score (nSPS) is 22.1. The molecule has 0 bridgehead atoms. The van der Waals surface area contributed by atoms with Crippen LogP contribution in [0.5, 0.6) is 0 Å². The van der Waals surface area contributed by atoms with Gasteiger partial charge in [-0.05, 0) is 33.2 Å². The Labute approximate surface area is 102 Å². The molecule has 0 radical (unpaired) electrons. The summed E-state index contributed by atoms with van der Waals surface area (Å²) in [5.74, 6) is -0.375. The van der Waals surface area contributed by atoms with E-state index in [0.717, 1.165) is 19.4 Å². The molecular weight excluding hydrogens is 218 g/mol. The molecule has 0 aliphatic carbocycles. The van der Waals surface area contributed by atoms with Crippen LogP contribution < -0.4 is 16.0 Å². The van der Waals surface area contributed by atoms with E-state index < -0.39 is 6.04 Å².